The fourth-order valence-corrected chi connectivity index (χ4v) is 12.9. The Morgan fingerprint density at radius 3 is 1.03 bits per heavy atom. The van der Waals surface area contributed by atoms with Gasteiger partial charge in [0.2, 0.25) is 5.91 Å². The number of aliphatic hydroxyl groups excluding tert-OH is 5. The zero-order valence-electron chi connectivity index (χ0n) is 59.0. The van der Waals surface area contributed by atoms with E-state index in [1.807, 2.05) is 0 Å². The molecule has 1 amide bonds. The molecule has 1 aliphatic heterocycles. The first kappa shape index (κ1) is 85.2. The molecular formula is C80H151NO8. The van der Waals surface area contributed by atoms with E-state index < -0.39 is 49.5 Å². The minimum absolute atomic E-state index is 0.133. The molecule has 0 spiro atoms. The van der Waals surface area contributed by atoms with Crippen molar-refractivity contribution in [2.45, 2.75) is 442 Å². The molecule has 1 heterocycles. The summed E-state index contributed by atoms with van der Waals surface area (Å²) in [7, 11) is 0. The highest BCUT2D eigenvalue weighted by atomic mass is 16.7. The Labute approximate surface area is 552 Å². The number of aliphatic hydroxyl groups is 5. The van der Waals surface area contributed by atoms with Crippen LogP contribution in [0.15, 0.2) is 48.6 Å². The average molecular weight is 1260 g/mol. The van der Waals surface area contributed by atoms with Gasteiger partial charge in [0.25, 0.3) is 0 Å². The van der Waals surface area contributed by atoms with E-state index in [-0.39, 0.29) is 12.5 Å². The Bertz CT molecular complexity index is 1550. The maximum absolute atomic E-state index is 13.2. The van der Waals surface area contributed by atoms with E-state index in [1.165, 1.54) is 308 Å². The van der Waals surface area contributed by atoms with Crippen molar-refractivity contribution in [1.82, 2.24) is 5.32 Å². The smallest absolute Gasteiger partial charge is 0.220 e. The number of unbranched alkanes of at least 4 members (excludes halogenated alkanes) is 52. The summed E-state index contributed by atoms with van der Waals surface area (Å²) in [5.74, 6) is -0.135. The number of hydrogen-bond donors (Lipinski definition) is 6. The lowest BCUT2D eigenvalue weighted by molar-refractivity contribution is -0.302. The minimum Gasteiger partial charge on any atom is -0.394 e. The molecule has 9 nitrogen and oxygen atoms in total. The molecule has 1 saturated heterocycles. The second-order valence-electron chi connectivity index (χ2n) is 27.5. The topological polar surface area (TPSA) is 149 Å². The van der Waals surface area contributed by atoms with Crippen LogP contribution in [0.25, 0.3) is 0 Å². The molecule has 0 radical (unpaired) electrons. The third kappa shape index (κ3) is 57.3. The highest BCUT2D eigenvalue weighted by molar-refractivity contribution is 5.76. The number of hydrogen-bond acceptors (Lipinski definition) is 8. The van der Waals surface area contributed by atoms with E-state index in [1.54, 1.807) is 0 Å². The third-order valence-corrected chi connectivity index (χ3v) is 18.9. The summed E-state index contributed by atoms with van der Waals surface area (Å²) < 4.78 is 11.4. The van der Waals surface area contributed by atoms with Crippen LogP contribution in [0, 0.1) is 0 Å². The van der Waals surface area contributed by atoms with Gasteiger partial charge in [0.1, 0.15) is 24.4 Å². The predicted molar refractivity (Wildman–Crippen MR) is 383 cm³/mol. The standard InChI is InChI=1S/C80H151NO8/c1-3-5-7-9-11-13-15-17-19-21-23-25-27-29-31-32-33-34-35-36-37-38-39-40-41-42-44-46-48-50-52-54-56-58-60-62-64-66-68-70-76(84)81-73(72-88-80-79(87)78(86)77(85)75(71-82)89-80)74(83)69-67-65-63-61-59-57-55-53-51-49-47-45-43-30-28-26-24-22-20-18-16-14-12-10-8-6-4-2/h5,7,11,13,17,19,23,25,73-75,77-80,82-83,85-87H,3-4,6,8-10,12,14-16,18,20-22,24,26-72H2,1-2H3,(H,81,84)/b7-5-,13-11-,19-17-,25-23-. The van der Waals surface area contributed by atoms with Gasteiger partial charge in [-0.05, 0) is 51.4 Å². The van der Waals surface area contributed by atoms with Gasteiger partial charge in [-0.1, -0.05) is 390 Å². The Balaban J connectivity index is 2.03. The quantitative estimate of drug-likeness (QED) is 0.0261. The molecule has 0 saturated carbocycles. The summed E-state index contributed by atoms with van der Waals surface area (Å²) in [6.45, 7) is 3.79. The lowest BCUT2D eigenvalue weighted by Gasteiger charge is -2.40. The van der Waals surface area contributed by atoms with Crippen molar-refractivity contribution >= 4 is 5.91 Å². The van der Waals surface area contributed by atoms with Gasteiger partial charge in [0, 0.05) is 6.42 Å². The first-order valence-electron chi connectivity index (χ1n) is 39.3. The van der Waals surface area contributed by atoms with Gasteiger partial charge in [0.05, 0.1) is 25.4 Å². The van der Waals surface area contributed by atoms with Gasteiger partial charge in [-0.3, -0.25) is 4.79 Å². The van der Waals surface area contributed by atoms with Gasteiger partial charge in [-0.15, -0.1) is 0 Å². The number of ether oxygens (including phenoxy) is 2. The van der Waals surface area contributed by atoms with Gasteiger partial charge < -0.3 is 40.3 Å². The molecule has 1 rings (SSSR count). The SMILES string of the molecule is CC/C=C\C/C=C\C/C=C\C/C=C\CCCCCCCCCCCCCCCCCCCCCCCCCCCCC(=O)NC(COC1OC(CO)C(O)C(O)C1O)C(O)CCCCCCCCCCCCCCCCCCCCCCCCCCCCC. The van der Waals surface area contributed by atoms with Crippen LogP contribution >= 0.6 is 0 Å². The number of carbonyl (C=O) groups is 1. The molecule has 9 heteroatoms. The molecule has 6 N–H and O–H groups in total. The summed E-state index contributed by atoms with van der Waals surface area (Å²) in [5.41, 5.74) is 0. The maximum atomic E-state index is 13.2. The molecular weight excluding hydrogens is 1100 g/mol. The predicted octanol–water partition coefficient (Wildman–Crippen LogP) is 22.3. The maximum Gasteiger partial charge on any atom is 0.220 e. The summed E-state index contributed by atoms with van der Waals surface area (Å²) >= 11 is 0. The van der Waals surface area contributed by atoms with E-state index in [4.69, 9.17) is 9.47 Å². The van der Waals surface area contributed by atoms with Crippen LogP contribution < -0.4 is 5.32 Å². The molecule has 0 aromatic rings. The van der Waals surface area contributed by atoms with Crippen molar-refractivity contribution in [3.05, 3.63) is 48.6 Å². The van der Waals surface area contributed by atoms with Gasteiger partial charge in [0.15, 0.2) is 6.29 Å². The van der Waals surface area contributed by atoms with E-state index in [0.29, 0.717) is 12.8 Å². The van der Waals surface area contributed by atoms with Crippen molar-refractivity contribution in [2.75, 3.05) is 13.2 Å². The molecule has 1 aliphatic rings. The summed E-state index contributed by atoms with van der Waals surface area (Å²) in [4.78, 5) is 13.2. The van der Waals surface area contributed by atoms with Crippen LogP contribution in [0.2, 0.25) is 0 Å². The van der Waals surface area contributed by atoms with Crippen molar-refractivity contribution in [3.8, 4) is 0 Å². The molecule has 524 valence electrons. The normalized spacial score (nSPS) is 18.0. The van der Waals surface area contributed by atoms with E-state index in [2.05, 4.69) is 67.8 Å². The van der Waals surface area contributed by atoms with Crippen molar-refractivity contribution in [3.63, 3.8) is 0 Å². The molecule has 7 atom stereocenters. The zero-order valence-corrected chi connectivity index (χ0v) is 59.0. The molecule has 7 unspecified atom stereocenters. The molecule has 0 bridgehead atoms. The van der Waals surface area contributed by atoms with Crippen LogP contribution in [0.4, 0.5) is 0 Å². The number of carbonyl (C=O) groups excluding carboxylic acids is 1. The second-order valence-corrected chi connectivity index (χ2v) is 27.5. The summed E-state index contributed by atoms with van der Waals surface area (Å²) in [6.07, 6.45) is 87.9. The molecule has 0 aliphatic carbocycles. The summed E-state index contributed by atoms with van der Waals surface area (Å²) in [6, 6.07) is -0.719. The van der Waals surface area contributed by atoms with Gasteiger partial charge >= 0.3 is 0 Å². The van der Waals surface area contributed by atoms with Gasteiger partial charge in [-0.25, -0.2) is 0 Å². The van der Waals surface area contributed by atoms with Gasteiger partial charge in [-0.2, -0.15) is 0 Å². The first-order chi connectivity index (χ1) is 43.8. The Kier molecular flexibility index (Phi) is 66.0. The van der Waals surface area contributed by atoms with E-state index in [9.17, 15) is 30.3 Å². The third-order valence-electron chi connectivity index (χ3n) is 18.9. The summed E-state index contributed by atoms with van der Waals surface area (Å²) in [5, 5.41) is 55.1. The average Bonchev–Trinajstić information content (AvgIpc) is 2.42. The highest BCUT2D eigenvalue weighted by Gasteiger charge is 2.44. The Morgan fingerprint density at radius 2 is 0.697 bits per heavy atom. The minimum atomic E-state index is -1.55. The van der Waals surface area contributed by atoms with Crippen LogP contribution in [0.3, 0.4) is 0 Å². The lowest BCUT2D eigenvalue weighted by Crippen LogP contribution is -2.60. The van der Waals surface area contributed by atoms with Crippen LogP contribution in [0.1, 0.15) is 399 Å². The van der Waals surface area contributed by atoms with E-state index in [0.717, 1.165) is 64.2 Å². The van der Waals surface area contributed by atoms with Crippen molar-refractivity contribution < 1.29 is 39.8 Å². The Hall–Kier alpha value is -1.85. The van der Waals surface area contributed by atoms with Crippen molar-refractivity contribution in [1.29, 1.82) is 0 Å². The number of allylic oxidation sites excluding steroid dienone is 8. The number of amides is 1. The van der Waals surface area contributed by atoms with Crippen LogP contribution in [-0.4, -0.2) is 87.5 Å². The van der Waals surface area contributed by atoms with Crippen LogP contribution in [0.5, 0.6) is 0 Å². The van der Waals surface area contributed by atoms with E-state index >= 15 is 0 Å². The fourth-order valence-electron chi connectivity index (χ4n) is 12.9. The molecule has 89 heavy (non-hydrogen) atoms. The highest BCUT2D eigenvalue weighted by Crippen LogP contribution is 2.24. The number of nitrogens with one attached hydrogen (secondary N) is 1. The monoisotopic (exact) mass is 1250 g/mol. The van der Waals surface area contributed by atoms with Crippen LogP contribution in [-0.2, 0) is 14.3 Å². The molecule has 0 aromatic carbocycles. The fraction of sp³-hybridized carbons (Fsp3) is 0.887. The largest absolute Gasteiger partial charge is 0.394 e. The first-order valence-corrected chi connectivity index (χ1v) is 39.3. The van der Waals surface area contributed by atoms with Crippen molar-refractivity contribution in [2.24, 2.45) is 0 Å². The molecule has 1 fully saturated rings. The second kappa shape index (κ2) is 69.0. The number of rotatable bonds is 70. The lowest BCUT2D eigenvalue weighted by atomic mass is 9.99. The Morgan fingerprint density at radius 1 is 0.393 bits per heavy atom. The zero-order chi connectivity index (χ0) is 64.2. The molecule has 0 aromatic heterocycles.